The SMILES string of the molecule is Cc1ccc(C(=O)N[C@H](c2ccc3c(c2)CCO3)C2CC(O)C2)cc1F. The Labute approximate surface area is 152 Å². The summed E-state index contributed by atoms with van der Waals surface area (Å²) in [6.07, 6.45) is 1.86. The fourth-order valence-corrected chi connectivity index (χ4v) is 3.73. The van der Waals surface area contributed by atoms with E-state index in [9.17, 15) is 14.3 Å². The van der Waals surface area contributed by atoms with E-state index < -0.39 is 0 Å². The third kappa shape index (κ3) is 3.19. The zero-order valence-corrected chi connectivity index (χ0v) is 14.7. The number of hydrogen-bond donors (Lipinski definition) is 2. The number of amides is 1. The number of aryl methyl sites for hydroxylation is 1. The van der Waals surface area contributed by atoms with E-state index in [1.807, 2.05) is 12.1 Å². The van der Waals surface area contributed by atoms with Crippen molar-refractivity contribution >= 4 is 5.91 Å². The highest BCUT2D eigenvalue weighted by atomic mass is 19.1. The molecule has 2 N–H and O–H groups in total. The van der Waals surface area contributed by atoms with Gasteiger partial charge in [-0.2, -0.15) is 0 Å². The molecular formula is C21H22FNO3. The lowest BCUT2D eigenvalue weighted by atomic mass is 9.74. The van der Waals surface area contributed by atoms with Crippen molar-refractivity contribution in [2.24, 2.45) is 5.92 Å². The lowest BCUT2D eigenvalue weighted by molar-refractivity contribution is 0.0235. The molecule has 1 atom stereocenters. The number of fused-ring (bicyclic) bond motifs is 1. The number of aliphatic hydroxyl groups is 1. The summed E-state index contributed by atoms with van der Waals surface area (Å²) in [6.45, 7) is 2.35. The van der Waals surface area contributed by atoms with Gasteiger partial charge in [-0.3, -0.25) is 4.79 Å². The predicted octanol–water partition coefficient (Wildman–Crippen LogP) is 3.31. The molecule has 1 aliphatic carbocycles. The Kier molecular flexibility index (Phi) is 4.41. The van der Waals surface area contributed by atoms with Crippen LogP contribution in [0.4, 0.5) is 4.39 Å². The maximum atomic E-state index is 13.8. The number of benzene rings is 2. The summed E-state index contributed by atoms with van der Waals surface area (Å²) in [5.74, 6) is 0.382. The van der Waals surface area contributed by atoms with Crippen LogP contribution in [0.3, 0.4) is 0 Å². The van der Waals surface area contributed by atoms with Gasteiger partial charge in [0, 0.05) is 12.0 Å². The molecule has 1 aliphatic heterocycles. The third-order valence-corrected chi connectivity index (χ3v) is 5.41. The monoisotopic (exact) mass is 355 g/mol. The van der Waals surface area contributed by atoms with E-state index in [-0.39, 0.29) is 29.8 Å². The Morgan fingerprint density at radius 2 is 2.08 bits per heavy atom. The molecule has 0 bridgehead atoms. The maximum absolute atomic E-state index is 13.8. The molecule has 1 saturated carbocycles. The minimum Gasteiger partial charge on any atom is -0.493 e. The highest BCUT2D eigenvalue weighted by Crippen LogP contribution is 2.40. The molecule has 0 saturated heterocycles. The average Bonchev–Trinajstić information content (AvgIpc) is 3.07. The molecule has 0 unspecified atom stereocenters. The number of hydrogen-bond acceptors (Lipinski definition) is 3. The molecule has 0 spiro atoms. The fraction of sp³-hybridized carbons (Fsp3) is 0.381. The Bertz CT molecular complexity index is 845. The topological polar surface area (TPSA) is 58.6 Å². The van der Waals surface area contributed by atoms with Crippen molar-refractivity contribution in [3.63, 3.8) is 0 Å². The number of ether oxygens (including phenoxy) is 1. The predicted molar refractivity (Wildman–Crippen MR) is 95.7 cm³/mol. The standard InChI is InChI=1S/C21H22FNO3/c1-12-2-3-15(11-18(12)22)21(25)23-20(16-9-17(24)10-16)14-4-5-19-13(8-14)6-7-26-19/h2-5,8,11,16-17,20,24H,6-7,9-10H2,1H3,(H,23,25)/t16?,17?,20-/m1/s1. The van der Waals surface area contributed by atoms with E-state index in [1.54, 1.807) is 19.1 Å². The summed E-state index contributed by atoms with van der Waals surface area (Å²) in [5, 5.41) is 12.8. The number of aliphatic hydroxyl groups excluding tert-OH is 1. The molecule has 1 heterocycles. The van der Waals surface area contributed by atoms with Crippen molar-refractivity contribution in [2.75, 3.05) is 6.61 Å². The van der Waals surface area contributed by atoms with Gasteiger partial charge >= 0.3 is 0 Å². The maximum Gasteiger partial charge on any atom is 0.251 e. The number of carbonyl (C=O) groups excluding carboxylic acids is 1. The van der Waals surface area contributed by atoms with Crippen LogP contribution in [0.15, 0.2) is 36.4 Å². The van der Waals surface area contributed by atoms with E-state index in [4.69, 9.17) is 4.74 Å². The van der Waals surface area contributed by atoms with Crippen molar-refractivity contribution in [1.29, 1.82) is 0 Å². The lowest BCUT2D eigenvalue weighted by Gasteiger charge is -2.38. The Balaban J connectivity index is 1.59. The summed E-state index contributed by atoms with van der Waals surface area (Å²) >= 11 is 0. The first-order chi connectivity index (χ1) is 12.5. The van der Waals surface area contributed by atoms with Crippen molar-refractivity contribution in [3.8, 4) is 5.75 Å². The van der Waals surface area contributed by atoms with Crippen LogP contribution in [0, 0.1) is 18.7 Å². The van der Waals surface area contributed by atoms with E-state index >= 15 is 0 Å². The first-order valence-electron chi connectivity index (χ1n) is 9.02. The van der Waals surface area contributed by atoms with Gasteiger partial charge in [0.1, 0.15) is 11.6 Å². The number of nitrogens with one attached hydrogen (secondary N) is 1. The smallest absolute Gasteiger partial charge is 0.251 e. The summed E-state index contributed by atoms with van der Waals surface area (Å²) < 4.78 is 19.4. The van der Waals surface area contributed by atoms with Gasteiger partial charge in [-0.25, -0.2) is 4.39 Å². The highest BCUT2D eigenvalue weighted by Gasteiger charge is 2.36. The van der Waals surface area contributed by atoms with Crippen LogP contribution in [-0.4, -0.2) is 23.7 Å². The van der Waals surface area contributed by atoms with Crippen LogP contribution in [0.2, 0.25) is 0 Å². The summed E-state index contributed by atoms with van der Waals surface area (Å²) in [5.41, 5.74) is 2.97. The molecule has 0 aromatic heterocycles. The van der Waals surface area contributed by atoms with E-state index in [1.165, 1.54) is 6.07 Å². The largest absolute Gasteiger partial charge is 0.493 e. The molecule has 26 heavy (non-hydrogen) atoms. The Morgan fingerprint density at radius 3 is 2.81 bits per heavy atom. The summed E-state index contributed by atoms with van der Waals surface area (Å²) in [6, 6.07) is 10.3. The normalized spacial score (nSPS) is 22.1. The van der Waals surface area contributed by atoms with Crippen LogP contribution in [0.1, 0.15) is 45.9 Å². The quantitative estimate of drug-likeness (QED) is 0.885. The van der Waals surface area contributed by atoms with Gasteiger partial charge in [-0.05, 0) is 66.6 Å². The summed E-state index contributed by atoms with van der Waals surface area (Å²) in [7, 11) is 0. The number of carbonyl (C=O) groups is 1. The molecule has 1 fully saturated rings. The molecule has 136 valence electrons. The molecule has 2 aromatic rings. The minimum atomic E-state index is -0.386. The van der Waals surface area contributed by atoms with Gasteiger partial charge in [0.25, 0.3) is 5.91 Å². The molecule has 4 nitrogen and oxygen atoms in total. The van der Waals surface area contributed by atoms with E-state index in [2.05, 4.69) is 11.4 Å². The van der Waals surface area contributed by atoms with Crippen molar-refractivity contribution in [2.45, 2.75) is 38.3 Å². The van der Waals surface area contributed by atoms with Gasteiger partial charge in [-0.1, -0.05) is 12.1 Å². The minimum absolute atomic E-state index is 0.171. The number of rotatable bonds is 4. The second-order valence-corrected chi connectivity index (χ2v) is 7.27. The van der Waals surface area contributed by atoms with Crippen molar-refractivity contribution < 1.29 is 19.0 Å². The van der Waals surface area contributed by atoms with E-state index in [0.29, 0.717) is 30.6 Å². The van der Waals surface area contributed by atoms with Gasteiger partial charge in [0.05, 0.1) is 18.8 Å². The van der Waals surface area contributed by atoms with Gasteiger partial charge in [-0.15, -0.1) is 0 Å². The fourth-order valence-electron chi connectivity index (χ4n) is 3.73. The third-order valence-electron chi connectivity index (χ3n) is 5.41. The van der Waals surface area contributed by atoms with Crippen LogP contribution in [0.5, 0.6) is 5.75 Å². The molecule has 1 amide bonds. The van der Waals surface area contributed by atoms with Crippen molar-refractivity contribution in [1.82, 2.24) is 5.32 Å². The summed E-state index contributed by atoms with van der Waals surface area (Å²) in [4.78, 5) is 12.7. The second-order valence-electron chi connectivity index (χ2n) is 7.27. The second kappa shape index (κ2) is 6.72. The number of halogens is 1. The van der Waals surface area contributed by atoms with Crippen LogP contribution < -0.4 is 10.1 Å². The van der Waals surface area contributed by atoms with Crippen LogP contribution in [-0.2, 0) is 6.42 Å². The zero-order valence-electron chi connectivity index (χ0n) is 14.7. The van der Waals surface area contributed by atoms with Gasteiger partial charge in [0.15, 0.2) is 0 Å². The Hall–Kier alpha value is -2.40. The van der Waals surface area contributed by atoms with Crippen LogP contribution >= 0.6 is 0 Å². The molecule has 2 aromatic carbocycles. The van der Waals surface area contributed by atoms with Gasteiger partial charge < -0.3 is 15.2 Å². The lowest BCUT2D eigenvalue weighted by Crippen LogP contribution is -2.41. The van der Waals surface area contributed by atoms with Gasteiger partial charge in [0.2, 0.25) is 0 Å². The van der Waals surface area contributed by atoms with Crippen LogP contribution in [0.25, 0.3) is 0 Å². The van der Waals surface area contributed by atoms with Crippen molar-refractivity contribution in [3.05, 3.63) is 64.5 Å². The average molecular weight is 355 g/mol. The molecule has 0 radical (unpaired) electrons. The molecular weight excluding hydrogens is 333 g/mol. The zero-order chi connectivity index (χ0) is 18.3. The highest BCUT2D eigenvalue weighted by molar-refractivity contribution is 5.94. The molecule has 5 heteroatoms. The first-order valence-corrected chi connectivity index (χ1v) is 9.02. The van der Waals surface area contributed by atoms with E-state index in [0.717, 1.165) is 23.3 Å². The first kappa shape index (κ1) is 17.0. The molecule has 2 aliphatic rings. The Morgan fingerprint density at radius 1 is 1.27 bits per heavy atom. The molecule has 4 rings (SSSR count).